The summed E-state index contributed by atoms with van der Waals surface area (Å²) in [5.74, 6) is -0.462. The quantitative estimate of drug-likeness (QED) is 0.645. The molecule has 0 aromatic heterocycles. The van der Waals surface area contributed by atoms with E-state index in [1.807, 2.05) is 6.92 Å². The highest BCUT2D eigenvalue weighted by Gasteiger charge is 2.17. The molecular formula is C11H14BrFN2O3. The Kier molecular flexibility index (Phi) is 5.49. The average Bonchev–Trinajstić information content (AvgIpc) is 2.30. The summed E-state index contributed by atoms with van der Waals surface area (Å²) in [6, 6.07) is 2.26. The zero-order valence-electron chi connectivity index (χ0n) is 10.1. The van der Waals surface area contributed by atoms with Crippen LogP contribution in [0.2, 0.25) is 0 Å². The number of halogens is 2. The fourth-order valence-electron chi connectivity index (χ4n) is 1.46. The molecule has 0 amide bonds. The predicted octanol–water partition coefficient (Wildman–Crippen LogP) is 3.19. The molecular weight excluding hydrogens is 307 g/mol. The van der Waals surface area contributed by atoms with Gasteiger partial charge in [0.15, 0.2) is 0 Å². The van der Waals surface area contributed by atoms with Gasteiger partial charge in [-0.1, -0.05) is 6.92 Å². The Morgan fingerprint density at radius 2 is 2.28 bits per heavy atom. The second-order valence-corrected chi connectivity index (χ2v) is 4.84. The molecule has 1 N–H and O–H groups in total. The van der Waals surface area contributed by atoms with Gasteiger partial charge in [-0.05, 0) is 27.9 Å². The van der Waals surface area contributed by atoms with Gasteiger partial charge in [-0.25, -0.2) is 4.39 Å². The first-order valence-corrected chi connectivity index (χ1v) is 6.11. The smallest absolute Gasteiger partial charge is 0.295 e. The van der Waals surface area contributed by atoms with Gasteiger partial charge in [-0.3, -0.25) is 10.1 Å². The van der Waals surface area contributed by atoms with Gasteiger partial charge < -0.3 is 10.1 Å². The van der Waals surface area contributed by atoms with Crippen molar-refractivity contribution in [3.8, 4) is 0 Å². The van der Waals surface area contributed by atoms with Crippen molar-refractivity contribution in [1.29, 1.82) is 0 Å². The number of rotatable bonds is 6. The largest absolute Gasteiger partial charge is 0.384 e. The predicted molar refractivity (Wildman–Crippen MR) is 70.3 cm³/mol. The fraction of sp³-hybridized carbons (Fsp3) is 0.455. The molecule has 18 heavy (non-hydrogen) atoms. The first-order valence-electron chi connectivity index (χ1n) is 5.32. The third kappa shape index (κ3) is 3.92. The fourth-order valence-corrected chi connectivity index (χ4v) is 1.80. The average molecular weight is 321 g/mol. The third-order valence-corrected chi connectivity index (χ3v) is 2.94. The lowest BCUT2D eigenvalue weighted by atomic mass is 10.2. The Morgan fingerprint density at radius 1 is 1.61 bits per heavy atom. The van der Waals surface area contributed by atoms with E-state index in [1.165, 1.54) is 6.07 Å². The third-order valence-electron chi connectivity index (χ3n) is 2.33. The molecule has 1 aromatic carbocycles. The van der Waals surface area contributed by atoms with Crippen LogP contribution < -0.4 is 5.32 Å². The molecule has 0 fully saturated rings. The van der Waals surface area contributed by atoms with E-state index < -0.39 is 10.7 Å². The molecule has 0 bridgehead atoms. The van der Waals surface area contributed by atoms with E-state index in [0.29, 0.717) is 13.2 Å². The maximum Gasteiger partial charge on any atom is 0.295 e. The molecule has 100 valence electrons. The molecule has 5 nitrogen and oxygen atoms in total. The molecule has 0 heterocycles. The number of nitrogens with one attached hydrogen (secondary N) is 1. The summed E-state index contributed by atoms with van der Waals surface area (Å²) >= 11 is 3.00. The molecule has 0 spiro atoms. The van der Waals surface area contributed by atoms with Gasteiger partial charge in [0.05, 0.1) is 22.1 Å². The molecule has 0 aliphatic rings. The molecule has 7 heteroatoms. The number of nitro groups is 1. The van der Waals surface area contributed by atoms with Gasteiger partial charge in [-0.15, -0.1) is 0 Å². The van der Waals surface area contributed by atoms with Gasteiger partial charge in [0.25, 0.3) is 5.69 Å². The lowest BCUT2D eigenvalue weighted by Crippen LogP contribution is -2.16. The van der Waals surface area contributed by atoms with Crippen LogP contribution in [0, 0.1) is 21.8 Å². The highest BCUT2D eigenvalue weighted by Crippen LogP contribution is 2.30. The lowest BCUT2D eigenvalue weighted by Gasteiger charge is -2.13. The zero-order valence-corrected chi connectivity index (χ0v) is 11.7. The molecule has 0 radical (unpaired) electrons. The van der Waals surface area contributed by atoms with E-state index in [2.05, 4.69) is 21.2 Å². The van der Waals surface area contributed by atoms with Gasteiger partial charge in [-0.2, -0.15) is 0 Å². The number of nitro benzene ring substituents is 1. The summed E-state index contributed by atoms with van der Waals surface area (Å²) in [6.07, 6.45) is 0. The number of anilines is 1. The van der Waals surface area contributed by atoms with Crippen molar-refractivity contribution in [3.63, 3.8) is 0 Å². The van der Waals surface area contributed by atoms with Crippen LogP contribution in [0.5, 0.6) is 0 Å². The van der Waals surface area contributed by atoms with E-state index >= 15 is 0 Å². The SMILES string of the molecule is COCC(C)CNc1cc(Br)c(F)cc1[N+](=O)[O-]. The van der Waals surface area contributed by atoms with Crippen molar-refractivity contribution < 1.29 is 14.1 Å². The van der Waals surface area contributed by atoms with Crippen LogP contribution in [-0.4, -0.2) is 25.2 Å². The van der Waals surface area contributed by atoms with Crippen molar-refractivity contribution >= 4 is 27.3 Å². The molecule has 0 aliphatic carbocycles. The number of ether oxygens (including phenoxy) is 1. The Hall–Kier alpha value is -1.21. The topological polar surface area (TPSA) is 64.4 Å². The first kappa shape index (κ1) is 14.8. The number of hydrogen-bond acceptors (Lipinski definition) is 4. The minimum absolute atomic E-state index is 0.190. The van der Waals surface area contributed by atoms with Crippen LogP contribution in [0.1, 0.15) is 6.92 Å². The highest BCUT2D eigenvalue weighted by atomic mass is 79.9. The first-order chi connectivity index (χ1) is 8.45. The second kappa shape index (κ2) is 6.65. The Balaban J connectivity index is 2.86. The van der Waals surface area contributed by atoms with Crippen molar-refractivity contribution in [2.75, 3.05) is 25.6 Å². The van der Waals surface area contributed by atoms with Gasteiger partial charge in [0, 0.05) is 13.7 Å². The number of nitrogens with zero attached hydrogens (tertiary/aromatic N) is 1. The van der Waals surface area contributed by atoms with Crippen molar-refractivity contribution in [3.05, 3.63) is 32.5 Å². The van der Waals surface area contributed by atoms with Crippen LogP contribution >= 0.6 is 15.9 Å². The van der Waals surface area contributed by atoms with E-state index in [-0.39, 0.29) is 21.8 Å². The molecule has 1 aromatic rings. The normalized spacial score (nSPS) is 12.2. The summed E-state index contributed by atoms with van der Waals surface area (Å²) < 4.78 is 18.4. The van der Waals surface area contributed by atoms with E-state index in [9.17, 15) is 14.5 Å². The number of benzene rings is 1. The van der Waals surface area contributed by atoms with E-state index in [1.54, 1.807) is 7.11 Å². The van der Waals surface area contributed by atoms with Crippen molar-refractivity contribution in [1.82, 2.24) is 0 Å². The highest BCUT2D eigenvalue weighted by molar-refractivity contribution is 9.10. The Labute approximate surface area is 113 Å². The van der Waals surface area contributed by atoms with Gasteiger partial charge >= 0.3 is 0 Å². The second-order valence-electron chi connectivity index (χ2n) is 3.98. The lowest BCUT2D eigenvalue weighted by molar-refractivity contribution is -0.384. The maximum absolute atomic E-state index is 13.2. The number of hydrogen-bond donors (Lipinski definition) is 1. The summed E-state index contributed by atoms with van der Waals surface area (Å²) in [7, 11) is 1.59. The van der Waals surface area contributed by atoms with Crippen LogP contribution in [0.15, 0.2) is 16.6 Å². The minimum Gasteiger partial charge on any atom is -0.384 e. The minimum atomic E-state index is -0.655. The summed E-state index contributed by atoms with van der Waals surface area (Å²) in [5.41, 5.74) is 0.0107. The Bertz CT molecular complexity index is 443. The zero-order chi connectivity index (χ0) is 13.7. The number of methoxy groups -OCH3 is 1. The van der Waals surface area contributed by atoms with Crippen molar-refractivity contribution in [2.24, 2.45) is 5.92 Å². The summed E-state index contributed by atoms with van der Waals surface area (Å²) in [6.45, 7) is 3.00. The van der Waals surface area contributed by atoms with Gasteiger partial charge in [0.1, 0.15) is 11.5 Å². The van der Waals surface area contributed by atoms with Crippen LogP contribution in [-0.2, 0) is 4.74 Å². The van der Waals surface area contributed by atoms with Crippen LogP contribution in [0.4, 0.5) is 15.8 Å². The van der Waals surface area contributed by atoms with E-state index in [4.69, 9.17) is 4.74 Å². The van der Waals surface area contributed by atoms with Crippen LogP contribution in [0.3, 0.4) is 0 Å². The van der Waals surface area contributed by atoms with Crippen molar-refractivity contribution in [2.45, 2.75) is 6.92 Å². The molecule has 0 saturated carbocycles. The summed E-state index contributed by atoms with van der Waals surface area (Å²) in [4.78, 5) is 10.2. The summed E-state index contributed by atoms with van der Waals surface area (Å²) in [5, 5.41) is 13.7. The molecule has 1 unspecified atom stereocenters. The standard InChI is InChI=1S/C11H14BrFN2O3/c1-7(6-18-2)5-14-10-3-8(12)9(13)4-11(10)15(16)17/h3-4,7,14H,5-6H2,1-2H3. The maximum atomic E-state index is 13.2. The molecule has 1 atom stereocenters. The van der Waals surface area contributed by atoms with E-state index in [0.717, 1.165) is 6.07 Å². The molecule has 0 saturated heterocycles. The molecule has 1 rings (SSSR count). The molecule has 0 aliphatic heterocycles. The monoisotopic (exact) mass is 320 g/mol. The Morgan fingerprint density at radius 3 is 2.83 bits per heavy atom. The van der Waals surface area contributed by atoms with Crippen LogP contribution in [0.25, 0.3) is 0 Å². The van der Waals surface area contributed by atoms with Gasteiger partial charge in [0.2, 0.25) is 0 Å².